The summed E-state index contributed by atoms with van der Waals surface area (Å²) in [5, 5.41) is 2.55. The molecule has 0 atom stereocenters. The lowest BCUT2D eigenvalue weighted by atomic mass is 10.2. The SMILES string of the molecule is C=C(C(=O)NC)C1CC1. The Kier molecular flexibility index (Phi) is 1.56. The van der Waals surface area contributed by atoms with Gasteiger partial charge in [-0.2, -0.15) is 0 Å². The third kappa shape index (κ3) is 1.31. The Labute approximate surface area is 54.9 Å². The lowest BCUT2D eigenvalue weighted by molar-refractivity contribution is -0.117. The first-order valence-corrected chi connectivity index (χ1v) is 3.16. The molecule has 1 fully saturated rings. The maximum absolute atomic E-state index is 10.8. The van der Waals surface area contributed by atoms with Gasteiger partial charge in [0.25, 0.3) is 0 Å². The van der Waals surface area contributed by atoms with Gasteiger partial charge in [-0.15, -0.1) is 0 Å². The van der Waals surface area contributed by atoms with Crippen molar-refractivity contribution in [1.82, 2.24) is 5.32 Å². The molecule has 0 bridgehead atoms. The lowest BCUT2D eigenvalue weighted by Gasteiger charge is -1.98. The van der Waals surface area contributed by atoms with Crippen LogP contribution in [-0.4, -0.2) is 13.0 Å². The molecule has 9 heavy (non-hydrogen) atoms. The Balaban J connectivity index is 2.40. The van der Waals surface area contributed by atoms with Gasteiger partial charge in [-0.05, 0) is 18.8 Å². The van der Waals surface area contributed by atoms with Crippen LogP contribution in [0.2, 0.25) is 0 Å². The van der Waals surface area contributed by atoms with Crippen molar-refractivity contribution in [2.75, 3.05) is 7.05 Å². The molecule has 0 unspecified atom stereocenters. The maximum atomic E-state index is 10.8. The monoisotopic (exact) mass is 125 g/mol. The lowest BCUT2D eigenvalue weighted by Crippen LogP contribution is -2.20. The standard InChI is InChI=1S/C7H11NO/c1-5(6-3-4-6)7(9)8-2/h6H,1,3-4H2,2H3,(H,8,9). The second-order valence-electron chi connectivity index (χ2n) is 2.38. The average Bonchev–Trinajstić information content (AvgIpc) is 2.66. The van der Waals surface area contributed by atoms with Gasteiger partial charge in [0.15, 0.2) is 0 Å². The van der Waals surface area contributed by atoms with Crippen LogP contribution in [-0.2, 0) is 4.79 Å². The van der Waals surface area contributed by atoms with Crippen molar-refractivity contribution >= 4 is 5.91 Å². The van der Waals surface area contributed by atoms with Gasteiger partial charge in [-0.25, -0.2) is 0 Å². The van der Waals surface area contributed by atoms with E-state index < -0.39 is 0 Å². The van der Waals surface area contributed by atoms with E-state index in [0.29, 0.717) is 5.92 Å². The van der Waals surface area contributed by atoms with Gasteiger partial charge in [0, 0.05) is 12.6 Å². The highest BCUT2D eigenvalue weighted by atomic mass is 16.1. The Morgan fingerprint density at radius 3 is 2.56 bits per heavy atom. The molecule has 1 aliphatic carbocycles. The average molecular weight is 125 g/mol. The highest BCUT2D eigenvalue weighted by molar-refractivity contribution is 5.93. The molecule has 0 aromatic heterocycles. The summed E-state index contributed by atoms with van der Waals surface area (Å²) in [7, 11) is 1.63. The molecule has 0 heterocycles. The number of nitrogens with one attached hydrogen (secondary N) is 1. The van der Waals surface area contributed by atoms with Crippen LogP contribution in [0.4, 0.5) is 0 Å². The zero-order chi connectivity index (χ0) is 6.85. The van der Waals surface area contributed by atoms with Gasteiger partial charge in [0.05, 0.1) is 0 Å². The largest absolute Gasteiger partial charge is 0.355 e. The molecule has 1 amide bonds. The van der Waals surface area contributed by atoms with Crippen molar-refractivity contribution < 1.29 is 4.79 Å². The van der Waals surface area contributed by atoms with E-state index in [1.54, 1.807) is 7.05 Å². The fraction of sp³-hybridized carbons (Fsp3) is 0.571. The van der Waals surface area contributed by atoms with Crippen LogP contribution < -0.4 is 5.32 Å². The molecule has 50 valence electrons. The second kappa shape index (κ2) is 2.21. The van der Waals surface area contributed by atoms with Gasteiger partial charge in [0.1, 0.15) is 0 Å². The second-order valence-corrected chi connectivity index (χ2v) is 2.38. The van der Waals surface area contributed by atoms with Gasteiger partial charge in [0.2, 0.25) is 5.91 Å². The quantitative estimate of drug-likeness (QED) is 0.541. The molecule has 0 aliphatic heterocycles. The summed E-state index contributed by atoms with van der Waals surface area (Å²) in [6, 6.07) is 0. The van der Waals surface area contributed by atoms with E-state index in [0.717, 1.165) is 18.4 Å². The number of hydrogen-bond acceptors (Lipinski definition) is 1. The molecular weight excluding hydrogens is 114 g/mol. The fourth-order valence-corrected chi connectivity index (χ4v) is 0.778. The van der Waals surface area contributed by atoms with Gasteiger partial charge in [-0.3, -0.25) is 4.79 Å². The van der Waals surface area contributed by atoms with Crippen molar-refractivity contribution in [3.63, 3.8) is 0 Å². The summed E-state index contributed by atoms with van der Waals surface area (Å²) in [6.45, 7) is 3.68. The predicted octanol–water partition coefficient (Wildman–Crippen LogP) is 0.699. The Morgan fingerprint density at radius 2 is 2.22 bits per heavy atom. The van der Waals surface area contributed by atoms with Gasteiger partial charge in [-0.1, -0.05) is 6.58 Å². The van der Waals surface area contributed by atoms with E-state index in [1.165, 1.54) is 0 Å². The first-order valence-electron chi connectivity index (χ1n) is 3.16. The van der Waals surface area contributed by atoms with Crippen molar-refractivity contribution in [3.05, 3.63) is 12.2 Å². The molecular formula is C7H11NO. The first kappa shape index (κ1) is 6.33. The van der Waals surface area contributed by atoms with E-state index in [9.17, 15) is 4.79 Å². The summed E-state index contributed by atoms with van der Waals surface area (Å²) in [5.41, 5.74) is 0.748. The highest BCUT2D eigenvalue weighted by Crippen LogP contribution is 2.35. The van der Waals surface area contributed by atoms with Crippen LogP contribution in [0, 0.1) is 5.92 Å². The predicted molar refractivity (Wildman–Crippen MR) is 35.9 cm³/mol. The highest BCUT2D eigenvalue weighted by Gasteiger charge is 2.27. The number of rotatable bonds is 2. The van der Waals surface area contributed by atoms with Crippen molar-refractivity contribution in [3.8, 4) is 0 Å². The molecule has 0 spiro atoms. The molecule has 0 aromatic rings. The number of hydrogen-bond donors (Lipinski definition) is 1. The minimum absolute atomic E-state index is 0.00231. The van der Waals surface area contributed by atoms with Crippen LogP contribution in [0.3, 0.4) is 0 Å². The molecule has 1 N–H and O–H groups in total. The van der Waals surface area contributed by atoms with Crippen LogP contribution in [0.1, 0.15) is 12.8 Å². The number of amides is 1. The topological polar surface area (TPSA) is 29.1 Å². The Bertz CT molecular complexity index is 147. The molecule has 0 radical (unpaired) electrons. The fourth-order valence-electron chi connectivity index (χ4n) is 0.778. The number of likely N-dealkylation sites (N-methyl/N-ethyl adjacent to an activating group) is 1. The minimum Gasteiger partial charge on any atom is -0.355 e. The normalized spacial score (nSPS) is 17.0. The minimum atomic E-state index is -0.00231. The van der Waals surface area contributed by atoms with E-state index in [4.69, 9.17) is 0 Å². The molecule has 1 rings (SSSR count). The molecule has 0 saturated heterocycles. The number of carbonyl (C=O) groups excluding carboxylic acids is 1. The van der Waals surface area contributed by atoms with Crippen molar-refractivity contribution in [2.24, 2.45) is 5.92 Å². The Hall–Kier alpha value is -0.790. The molecule has 1 aliphatic rings. The third-order valence-electron chi connectivity index (χ3n) is 1.59. The van der Waals surface area contributed by atoms with Crippen molar-refractivity contribution in [2.45, 2.75) is 12.8 Å². The Morgan fingerprint density at radius 1 is 1.67 bits per heavy atom. The summed E-state index contributed by atoms with van der Waals surface area (Å²) in [6.07, 6.45) is 2.29. The smallest absolute Gasteiger partial charge is 0.246 e. The van der Waals surface area contributed by atoms with E-state index in [-0.39, 0.29) is 5.91 Å². The van der Waals surface area contributed by atoms with E-state index in [2.05, 4.69) is 11.9 Å². The van der Waals surface area contributed by atoms with Crippen LogP contribution in [0.15, 0.2) is 12.2 Å². The third-order valence-corrected chi connectivity index (χ3v) is 1.59. The first-order chi connectivity index (χ1) is 4.25. The van der Waals surface area contributed by atoms with Crippen molar-refractivity contribution in [1.29, 1.82) is 0 Å². The van der Waals surface area contributed by atoms with Crippen LogP contribution in [0.5, 0.6) is 0 Å². The summed E-state index contributed by atoms with van der Waals surface area (Å²) in [4.78, 5) is 10.8. The zero-order valence-corrected chi connectivity index (χ0v) is 5.61. The number of carbonyl (C=O) groups is 1. The molecule has 2 nitrogen and oxygen atoms in total. The summed E-state index contributed by atoms with van der Waals surface area (Å²) < 4.78 is 0. The zero-order valence-electron chi connectivity index (χ0n) is 5.61. The summed E-state index contributed by atoms with van der Waals surface area (Å²) >= 11 is 0. The van der Waals surface area contributed by atoms with E-state index in [1.807, 2.05) is 0 Å². The molecule has 2 heteroatoms. The van der Waals surface area contributed by atoms with Gasteiger partial charge < -0.3 is 5.32 Å². The van der Waals surface area contributed by atoms with Crippen LogP contribution in [0.25, 0.3) is 0 Å². The van der Waals surface area contributed by atoms with Gasteiger partial charge >= 0.3 is 0 Å². The molecule has 0 aromatic carbocycles. The summed E-state index contributed by atoms with van der Waals surface area (Å²) in [5.74, 6) is 0.488. The van der Waals surface area contributed by atoms with E-state index >= 15 is 0 Å². The van der Waals surface area contributed by atoms with Crippen LogP contribution >= 0.6 is 0 Å². The maximum Gasteiger partial charge on any atom is 0.246 e. The molecule has 1 saturated carbocycles.